The van der Waals surface area contributed by atoms with Gasteiger partial charge in [-0.3, -0.25) is 0 Å². The van der Waals surface area contributed by atoms with E-state index in [9.17, 15) is 4.39 Å². The second-order valence-electron chi connectivity index (χ2n) is 4.71. The molecule has 0 unspecified atom stereocenters. The number of piperidine rings is 1. The summed E-state index contributed by atoms with van der Waals surface area (Å²) in [5, 5.41) is 7.84. The van der Waals surface area contributed by atoms with Gasteiger partial charge in [0.15, 0.2) is 0 Å². The highest BCUT2D eigenvalue weighted by atomic mass is 35.5. The molecule has 0 radical (unpaired) electrons. The molecule has 0 amide bonds. The van der Waals surface area contributed by atoms with Crippen molar-refractivity contribution < 1.29 is 4.39 Å². The molecule has 19 heavy (non-hydrogen) atoms. The lowest BCUT2D eigenvalue weighted by molar-refractivity contribution is 0.479. The van der Waals surface area contributed by atoms with Crippen LogP contribution in [-0.4, -0.2) is 24.1 Å². The number of nitrogens with one attached hydrogen (secondary N) is 2. The van der Waals surface area contributed by atoms with E-state index in [0.29, 0.717) is 11.6 Å². The number of aromatic nitrogens is 1. The monoisotopic (exact) mass is 281 g/mol. The van der Waals surface area contributed by atoms with E-state index in [2.05, 4.69) is 15.6 Å². The van der Waals surface area contributed by atoms with Crippen molar-refractivity contribution in [1.29, 1.82) is 0 Å². The zero-order valence-corrected chi connectivity index (χ0v) is 11.3. The predicted molar refractivity (Wildman–Crippen MR) is 78.5 cm³/mol. The van der Waals surface area contributed by atoms with E-state index in [4.69, 9.17) is 0 Å². The molecule has 1 aromatic heterocycles. The number of pyridine rings is 1. The van der Waals surface area contributed by atoms with E-state index >= 15 is 0 Å². The van der Waals surface area contributed by atoms with Crippen molar-refractivity contribution in [2.75, 3.05) is 18.4 Å². The molecule has 102 valence electrons. The molecule has 1 aromatic carbocycles. The molecule has 0 spiro atoms. The SMILES string of the molecule is Cl.Fc1ccc2cc(NC3CCNCC3)ccc2n1. The van der Waals surface area contributed by atoms with Crippen molar-refractivity contribution in [3.05, 3.63) is 36.3 Å². The molecule has 3 nitrogen and oxygen atoms in total. The summed E-state index contributed by atoms with van der Waals surface area (Å²) in [6.45, 7) is 2.13. The molecular weight excluding hydrogens is 265 g/mol. The summed E-state index contributed by atoms with van der Waals surface area (Å²) in [6.07, 6.45) is 2.28. The van der Waals surface area contributed by atoms with Crippen molar-refractivity contribution in [3.63, 3.8) is 0 Å². The number of hydrogen-bond acceptors (Lipinski definition) is 3. The number of rotatable bonds is 2. The number of halogens is 2. The summed E-state index contributed by atoms with van der Waals surface area (Å²) >= 11 is 0. The van der Waals surface area contributed by atoms with Crippen LogP contribution in [-0.2, 0) is 0 Å². The topological polar surface area (TPSA) is 37.0 Å². The summed E-state index contributed by atoms with van der Waals surface area (Å²) in [5.74, 6) is -0.429. The van der Waals surface area contributed by atoms with Crippen molar-refractivity contribution in [1.82, 2.24) is 10.3 Å². The third-order valence-corrected chi connectivity index (χ3v) is 3.37. The van der Waals surface area contributed by atoms with Crippen molar-refractivity contribution in [2.24, 2.45) is 0 Å². The van der Waals surface area contributed by atoms with E-state index in [0.717, 1.165) is 37.0 Å². The Kier molecular flexibility index (Phi) is 4.56. The van der Waals surface area contributed by atoms with E-state index in [-0.39, 0.29) is 12.4 Å². The van der Waals surface area contributed by atoms with Gasteiger partial charge in [0.05, 0.1) is 5.52 Å². The number of hydrogen-bond donors (Lipinski definition) is 2. The highest BCUT2D eigenvalue weighted by molar-refractivity contribution is 5.85. The van der Waals surface area contributed by atoms with Crippen LogP contribution in [0.15, 0.2) is 30.3 Å². The highest BCUT2D eigenvalue weighted by Crippen LogP contribution is 2.20. The third-order valence-electron chi connectivity index (χ3n) is 3.37. The van der Waals surface area contributed by atoms with E-state index in [1.807, 2.05) is 18.2 Å². The summed E-state index contributed by atoms with van der Waals surface area (Å²) in [7, 11) is 0. The maximum Gasteiger partial charge on any atom is 0.213 e. The van der Waals surface area contributed by atoms with Crippen LogP contribution in [0, 0.1) is 5.95 Å². The Bertz CT molecular complexity index is 555. The Morgan fingerprint density at radius 1 is 1.16 bits per heavy atom. The van der Waals surface area contributed by atoms with Gasteiger partial charge in [-0.25, -0.2) is 4.98 Å². The first-order chi connectivity index (χ1) is 8.81. The molecule has 0 saturated carbocycles. The first-order valence-corrected chi connectivity index (χ1v) is 6.35. The lowest BCUT2D eigenvalue weighted by Gasteiger charge is -2.24. The Hall–Kier alpha value is -1.39. The van der Waals surface area contributed by atoms with Crippen molar-refractivity contribution >= 4 is 29.0 Å². The fraction of sp³-hybridized carbons (Fsp3) is 0.357. The summed E-state index contributed by atoms with van der Waals surface area (Å²) < 4.78 is 13.0. The number of benzene rings is 1. The average Bonchev–Trinajstić information content (AvgIpc) is 2.40. The van der Waals surface area contributed by atoms with Crippen LogP contribution in [0.3, 0.4) is 0 Å². The van der Waals surface area contributed by atoms with Gasteiger partial charge in [-0.05, 0) is 56.3 Å². The first-order valence-electron chi connectivity index (χ1n) is 6.35. The largest absolute Gasteiger partial charge is 0.382 e. The molecule has 1 aliphatic rings. The molecule has 3 rings (SSSR count). The second-order valence-corrected chi connectivity index (χ2v) is 4.71. The lowest BCUT2D eigenvalue weighted by atomic mass is 10.1. The summed E-state index contributed by atoms with van der Waals surface area (Å²) in [6, 6.07) is 9.56. The molecule has 0 bridgehead atoms. The zero-order chi connectivity index (χ0) is 12.4. The van der Waals surface area contributed by atoms with Gasteiger partial charge < -0.3 is 10.6 Å². The van der Waals surface area contributed by atoms with Gasteiger partial charge in [0.2, 0.25) is 5.95 Å². The molecule has 2 heterocycles. The quantitative estimate of drug-likeness (QED) is 0.831. The average molecular weight is 282 g/mol. The van der Waals surface area contributed by atoms with E-state index in [1.54, 1.807) is 6.07 Å². The normalized spacial score (nSPS) is 16.1. The molecular formula is C14H17ClFN3. The van der Waals surface area contributed by atoms with Crippen LogP contribution < -0.4 is 10.6 Å². The smallest absolute Gasteiger partial charge is 0.213 e. The van der Waals surface area contributed by atoms with Gasteiger partial charge in [-0.15, -0.1) is 12.4 Å². The molecule has 1 aliphatic heterocycles. The standard InChI is InChI=1S/C14H16FN3.ClH/c15-14-4-1-10-9-12(2-3-13(10)18-14)17-11-5-7-16-8-6-11;/h1-4,9,11,16-17H,5-8H2;1H. The molecule has 1 saturated heterocycles. The Morgan fingerprint density at radius 2 is 1.95 bits per heavy atom. The van der Waals surface area contributed by atoms with Gasteiger partial charge >= 0.3 is 0 Å². The van der Waals surface area contributed by atoms with Crippen LogP contribution in [0.2, 0.25) is 0 Å². The number of nitrogens with zero attached hydrogens (tertiary/aromatic N) is 1. The van der Waals surface area contributed by atoms with Gasteiger partial charge in [-0.1, -0.05) is 0 Å². The molecule has 5 heteroatoms. The fourth-order valence-electron chi connectivity index (χ4n) is 2.39. The lowest BCUT2D eigenvalue weighted by Crippen LogP contribution is -2.35. The number of anilines is 1. The van der Waals surface area contributed by atoms with Gasteiger partial charge in [-0.2, -0.15) is 4.39 Å². The van der Waals surface area contributed by atoms with Gasteiger partial charge in [0.25, 0.3) is 0 Å². The van der Waals surface area contributed by atoms with Crippen LogP contribution >= 0.6 is 12.4 Å². The maximum atomic E-state index is 13.0. The Labute approximate surface area is 118 Å². The van der Waals surface area contributed by atoms with E-state index in [1.165, 1.54) is 6.07 Å². The van der Waals surface area contributed by atoms with Crippen LogP contribution in [0.5, 0.6) is 0 Å². The van der Waals surface area contributed by atoms with E-state index < -0.39 is 5.95 Å². The Balaban J connectivity index is 0.00000133. The zero-order valence-electron chi connectivity index (χ0n) is 10.5. The van der Waals surface area contributed by atoms with Crippen LogP contribution in [0.4, 0.5) is 10.1 Å². The van der Waals surface area contributed by atoms with Gasteiger partial charge in [0.1, 0.15) is 0 Å². The van der Waals surface area contributed by atoms with Crippen LogP contribution in [0.25, 0.3) is 10.9 Å². The minimum absolute atomic E-state index is 0. The minimum atomic E-state index is -0.429. The molecule has 2 N–H and O–H groups in total. The van der Waals surface area contributed by atoms with Crippen molar-refractivity contribution in [3.8, 4) is 0 Å². The molecule has 0 atom stereocenters. The molecule has 1 fully saturated rings. The Morgan fingerprint density at radius 3 is 2.74 bits per heavy atom. The highest BCUT2D eigenvalue weighted by Gasteiger charge is 2.12. The van der Waals surface area contributed by atoms with Crippen LogP contribution in [0.1, 0.15) is 12.8 Å². The molecule has 2 aromatic rings. The van der Waals surface area contributed by atoms with Crippen molar-refractivity contribution in [2.45, 2.75) is 18.9 Å². The van der Waals surface area contributed by atoms with Gasteiger partial charge in [0, 0.05) is 17.1 Å². The third kappa shape index (κ3) is 3.33. The number of fused-ring (bicyclic) bond motifs is 1. The maximum absolute atomic E-state index is 13.0. The second kappa shape index (κ2) is 6.17. The fourth-order valence-corrected chi connectivity index (χ4v) is 2.39. The summed E-state index contributed by atoms with van der Waals surface area (Å²) in [5.41, 5.74) is 1.79. The molecule has 0 aliphatic carbocycles. The predicted octanol–water partition coefficient (Wildman–Crippen LogP) is 2.96. The first kappa shape index (κ1) is 14.0. The summed E-state index contributed by atoms with van der Waals surface area (Å²) in [4.78, 5) is 3.86. The minimum Gasteiger partial charge on any atom is -0.382 e.